The van der Waals surface area contributed by atoms with Crippen LogP contribution in [0.25, 0.3) is 10.9 Å². The first-order chi connectivity index (χ1) is 8.92. The molecule has 0 radical (unpaired) electrons. The van der Waals surface area contributed by atoms with Crippen LogP contribution in [0.15, 0.2) is 41.4 Å². The number of hydrogen-bond acceptors (Lipinski definition) is 4. The van der Waals surface area contributed by atoms with Gasteiger partial charge in [0.25, 0.3) is 0 Å². The number of nitrogens with zero attached hydrogens (tertiary/aromatic N) is 1. The predicted molar refractivity (Wildman–Crippen MR) is 72.8 cm³/mol. The minimum Gasteiger partial charge on any atom is -0.350 e. The summed E-state index contributed by atoms with van der Waals surface area (Å²) in [4.78, 5) is 4.62. The summed E-state index contributed by atoms with van der Waals surface area (Å²) in [5.74, 6) is 0.968. The maximum Gasteiger partial charge on any atom is 0.158 e. The fraction of sp³-hybridized carbons (Fsp3) is 0.357. The third-order valence-corrected chi connectivity index (χ3v) is 3.83. The number of benzene rings is 1. The number of pyridine rings is 1. The molecule has 0 atom stereocenters. The Morgan fingerprint density at radius 1 is 1.11 bits per heavy atom. The van der Waals surface area contributed by atoms with Gasteiger partial charge in [0.05, 0.1) is 23.8 Å². The molecule has 1 aliphatic heterocycles. The molecule has 3 rings (SSSR count). The lowest BCUT2D eigenvalue weighted by molar-refractivity contribution is -0.0421. The first kappa shape index (κ1) is 12.0. The van der Waals surface area contributed by atoms with Crippen molar-refractivity contribution in [3.63, 3.8) is 0 Å². The van der Waals surface area contributed by atoms with Crippen molar-refractivity contribution in [3.05, 3.63) is 36.4 Å². The van der Waals surface area contributed by atoms with E-state index in [9.17, 15) is 0 Å². The van der Waals surface area contributed by atoms with E-state index in [1.54, 1.807) is 11.8 Å². The number of rotatable bonds is 4. The lowest BCUT2D eigenvalue weighted by Crippen LogP contribution is -2.08. The first-order valence-corrected chi connectivity index (χ1v) is 7.12. The van der Waals surface area contributed by atoms with Crippen molar-refractivity contribution in [1.29, 1.82) is 0 Å². The quantitative estimate of drug-likeness (QED) is 0.791. The lowest BCUT2D eigenvalue weighted by Gasteiger charge is -2.08. The standard InChI is InChI=1S/C14H15NO2S/c1-2-4-12-11(3-1)5-6-13(15-12)18-10-7-14-16-8-9-17-14/h1-6,14H,7-10H2. The number of fused-ring (bicyclic) bond motifs is 1. The zero-order valence-corrected chi connectivity index (χ0v) is 10.9. The average molecular weight is 261 g/mol. The van der Waals surface area contributed by atoms with Crippen LogP contribution in [0.2, 0.25) is 0 Å². The largest absolute Gasteiger partial charge is 0.350 e. The van der Waals surface area contributed by atoms with Gasteiger partial charge in [0.15, 0.2) is 6.29 Å². The molecule has 3 nitrogen and oxygen atoms in total. The van der Waals surface area contributed by atoms with Gasteiger partial charge < -0.3 is 9.47 Å². The Labute approximate surface area is 111 Å². The second-order valence-electron chi connectivity index (χ2n) is 4.15. The summed E-state index contributed by atoms with van der Waals surface area (Å²) in [5, 5.41) is 2.25. The summed E-state index contributed by atoms with van der Waals surface area (Å²) in [6.45, 7) is 1.45. The molecule has 0 spiro atoms. The summed E-state index contributed by atoms with van der Waals surface area (Å²) >= 11 is 1.75. The van der Waals surface area contributed by atoms with E-state index in [-0.39, 0.29) is 6.29 Å². The molecular weight excluding hydrogens is 246 g/mol. The van der Waals surface area contributed by atoms with Gasteiger partial charge in [0, 0.05) is 17.6 Å². The topological polar surface area (TPSA) is 31.4 Å². The molecule has 1 aliphatic rings. The molecule has 0 amide bonds. The molecule has 2 aromatic rings. The van der Waals surface area contributed by atoms with E-state index in [0.717, 1.165) is 35.9 Å². The van der Waals surface area contributed by atoms with Crippen molar-refractivity contribution in [2.24, 2.45) is 0 Å². The van der Waals surface area contributed by atoms with Crippen molar-refractivity contribution in [2.75, 3.05) is 19.0 Å². The third-order valence-electron chi connectivity index (χ3n) is 2.87. The molecule has 1 fully saturated rings. The first-order valence-electron chi connectivity index (χ1n) is 6.14. The minimum atomic E-state index is -0.0158. The molecule has 0 N–H and O–H groups in total. The second kappa shape index (κ2) is 5.69. The van der Waals surface area contributed by atoms with Crippen molar-refractivity contribution < 1.29 is 9.47 Å². The zero-order valence-electron chi connectivity index (χ0n) is 10.0. The number of aromatic nitrogens is 1. The van der Waals surface area contributed by atoms with Crippen LogP contribution in [0.4, 0.5) is 0 Å². The van der Waals surface area contributed by atoms with E-state index >= 15 is 0 Å². The summed E-state index contributed by atoms with van der Waals surface area (Å²) in [6, 6.07) is 12.4. The van der Waals surface area contributed by atoms with E-state index in [1.807, 2.05) is 18.2 Å². The minimum absolute atomic E-state index is 0.0158. The lowest BCUT2D eigenvalue weighted by atomic mass is 10.2. The summed E-state index contributed by atoms with van der Waals surface area (Å²) in [7, 11) is 0. The van der Waals surface area contributed by atoms with Crippen molar-refractivity contribution in [1.82, 2.24) is 4.98 Å². The van der Waals surface area contributed by atoms with Crippen LogP contribution in [0, 0.1) is 0 Å². The number of thioether (sulfide) groups is 1. The van der Waals surface area contributed by atoms with Crippen LogP contribution in [-0.2, 0) is 9.47 Å². The van der Waals surface area contributed by atoms with Crippen LogP contribution in [0.3, 0.4) is 0 Å². The molecule has 1 aromatic heterocycles. The summed E-state index contributed by atoms with van der Waals surface area (Å²) in [5.41, 5.74) is 1.05. The van der Waals surface area contributed by atoms with Gasteiger partial charge in [-0.1, -0.05) is 24.3 Å². The Kier molecular flexibility index (Phi) is 3.78. The van der Waals surface area contributed by atoms with Crippen molar-refractivity contribution in [2.45, 2.75) is 17.7 Å². The molecule has 1 saturated heterocycles. The summed E-state index contributed by atoms with van der Waals surface area (Å²) < 4.78 is 10.8. The number of ether oxygens (including phenoxy) is 2. The Morgan fingerprint density at radius 2 is 1.94 bits per heavy atom. The smallest absolute Gasteiger partial charge is 0.158 e. The zero-order chi connectivity index (χ0) is 12.2. The number of para-hydroxylation sites is 1. The van der Waals surface area contributed by atoms with E-state index in [4.69, 9.17) is 9.47 Å². The maximum atomic E-state index is 5.41. The Bertz CT molecular complexity index is 526. The Morgan fingerprint density at radius 3 is 2.83 bits per heavy atom. The average Bonchev–Trinajstić information content (AvgIpc) is 2.92. The molecule has 94 valence electrons. The normalized spacial score (nSPS) is 16.4. The van der Waals surface area contributed by atoms with Crippen molar-refractivity contribution in [3.8, 4) is 0 Å². The van der Waals surface area contributed by atoms with Gasteiger partial charge >= 0.3 is 0 Å². The fourth-order valence-electron chi connectivity index (χ4n) is 1.96. The molecule has 0 bridgehead atoms. The SMILES string of the molecule is c1ccc2nc(SCCC3OCCO3)ccc2c1. The van der Waals surface area contributed by atoms with Gasteiger partial charge in [-0.05, 0) is 12.1 Å². The highest BCUT2D eigenvalue weighted by molar-refractivity contribution is 7.99. The monoisotopic (exact) mass is 261 g/mol. The predicted octanol–water partition coefficient (Wildman–Crippen LogP) is 3.09. The van der Waals surface area contributed by atoms with Gasteiger partial charge in [-0.25, -0.2) is 4.98 Å². The van der Waals surface area contributed by atoms with Crippen LogP contribution < -0.4 is 0 Å². The van der Waals surface area contributed by atoms with Gasteiger partial charge in [0.1, 0.15) is 0 Å². The molecular formula is C14H15NO2S. The van der Waals surface area contributed by atoms with E-state index in [2.05, 4.69) is 23.2 Å². The molecule has 1 aromatic carbocycles. The summed E-state index contributed by atoms with van der Waals surface area (Å²) in [6.07, 6.45) is 0.900. The number of hydrogen-bond donors (Lipinski definition) is 0. The maximum absolute atomic E-state index is 5.41. The van der Waals surface area contributed by atoms with Crippen LogP contribution in [0.5, 0.6) is 0 Å². The van der Waals surface area contributed by atoms with Gasteiger partial charge in [-0.3, -0.25) is 0 Å². The molecule has 18 heavy (non-hydrogen) atoms. The Hall–Kier alpha value is -1.10. The van der Waals surface area contributed by atoms with Crippen LogP contribution >= 0.6 is 11.8 Å². The molecule has 0 unspecified atom stereocenters. The molecule has 0 saturated carbocycles. The fourth-order valence-corrected chi connectivity index (χ4v) is 2.81. The van der Waals surface area contributed by atoms with Crippen LogP contribution in [0.1, 0.15) is 6.42 Å². The van der Waals surface area contributed by atoms with Gasteiger partial charge in [-0.15, -0.1) is 11.8 Å². The molecule has 2 heterocycles. The molecule has 0 aliphatic carbocycles. The van der Waals surface area contributed by atoms with E-state index in [0.29, 0.717) is 0 Å². The van der Waals surface area contributed by atoms with Crippen LogP contribution in [-0.4, -0.2) is 30.2 Å². The van der Waals surface area contributed by atoms with E-state index in [1.165, 1.54) is 5.39 Å². The van der Waals surface area contributed by atoms with Crippen molar-refractivity contribution >= 4 is 22.7 Å². The van der Waals surface area contributed by atoms with Gasteiger partial charge in [-0.2, -0.15) is 0 Å². The highest BCUT2D eigenvalue weighted by atomic mass is 32.2. The highest BCUT2D eigenvalue weighted by Crippen LogP contribution is 2.22. The highest BCUT2D eigenvalue weighted by Gasteiger charge is 2.15. The second-order valence-corrected chi connectivity index (χ2v) is 5.27. The van der Waals surface area contributed by atoms with E-state index < -0.39 is 0 Å². The Balaban J connectivity index is 1.60. The molecule has 4 heteroatoms. The van der Waals surface area contributed by atoms with Gasteiger partial charge in [0.2, 0.25) is 0 Å². The third kappa shape index (κ3) is 2.83.